The normalized spacial score (nSPS) is 11.4. The van der Waals surface area contributed by atoms with Gasteiger partial charge in [0.1, 0.15) is 0 Å². The molecule has 82 valence electrons. The molecule has 0 saturated carbocycles. The minimum atomic E-state index is -3.70. The highest BCUT2D eigenvalue weighted by molar-refractivity contribution is 9.10. The summed E-state index contributed by atoms with van der Waals surface area (Å²) in [7, 11) is -5.41. The molecular formula is C7H9BBrNO4S. The number of sulfonamides is 1. The van der Waals surface area contributed by atoms with E-state index in [1.807, 2.05) is 0 Å². The van der Waals surface area contributed by atoms with E-state index < -0.39 is 23.6 Å². The fourth-order valence-electron chi connectivity index (χ4n) is 0.925. The maximum absolute atomic E-state index is 11.6. The van der Waals surface area contributed by atoms with Crippen LogP contribution in [0.25, 0.3) is 0 Å². The summed E-state index contributed by atoms with van der Waals surface area (Å²) in [6.07, 6.45) is -0.441. The second kappa shape index (κ2) is 5.08. The van der Waals surface area contributed by atoms with Crippen molar-refractivity contribution in [3.05, 3.63) is 28.7 Å². The summed E-state index contributed by atoms with van der Waals surface area (Å²) in [5, 5.41) is 17.1. The van der Waals surface area contributed by atoms with Crippen molar-refractivity contribution in [1.29, 1.82) is 0 Å². The van der Waals surface area contributed by atoms with Crippen LogP contribution in [0.2, 0.25) is 0 Å². The van der Waals surface area contributed by atoms with Gasteiger partial charge >= 0.3 is 7.12 Å². The Bertz CT molecular complexity index is 436. The van der Waals surface area contributed by atoms with Gasteiger partial charge < -0.3 is 10.0 Å². The minimum absolute atomic E-state index is 0.0608. The van der Waals surface area contributed by atoms with Crippen molar-refractivity contribution < 1.29 is 18.5 Å². The highest BCUT2D eigenvalue weighted by atomic mass is 79.9. The van der Waals surface area contributed by atoms with Gasteiger partial charge in [0.05, 0.1) is 4.90 Å². The second-order valence-electron chi connectivity index (χ2n) is 2.76. The van der Waals surface area contributed by atoms with Crippen LogP contribution in [0, 0.1) is 0 Å². The van der Waals surface area contributed by atoms with Crippen LogP contribution in [0.4, 0.5) is 0 Å². The van der Waals surface area contributed by atoms with Crippen molar-refractivity contribution in [3.63, 3.8) is 0 Å². The Hall–Kier alpha value is -0.405. The molecule has 3 N–H and O–H groups in total. The monoisotopic (exact) mass is 293 g/mol. The molecule has 0 atom stereocenters. The molecule has 0 aliphatic carbocycles. The molecule has 1 aromatic rings. The zero-order valence-corrected chi connectivity index (χ0v) is 9.99. The van der Waals surface area contributed by atoms with E-state index in [9.17, 15) is 8.42 Å². The topological polar surface area (TPSA) is 86.6 Å². The molecular weight excluding hydrogens is 285 g/mol. The molecule has 8 heteroatoms. The van der Waals surface area contributed by atoms with E-state index in [1.54, 1.807) is 18.2 Å². The molecule has 0 unspecified atom stereocenters. The van der Waals surface area contributed by atoms with E-state index in [1.165, 1.54) is 6.07 Å². The van der Waals surface area contributed by atoms with Crippen molar-refractivity contribution in [3.8, 4) is 0 Å². The summed E-state index contributed by atoms with van der Waals surface area (Å²) >= 11 is 3.09. The smallest absolute Gasteiger partial charge is 0.426 e. The number of hydrogen-bond donors (Lipinski definition) is 3. The molecule has 0 bridgehead atoms. The van der Waals surface area contributed by atoms with Crippen LogP contribution in [0.15, 0.2) is 33.6 Å². The van der Waals surface area contributed by atoms with Gasteiger partial charge in [0.2, 0.25) is 10.0 Å². The number of halogens is 1. The predicted octanol–water partition coefficient (Wildman–Crippen LogP) is -0.261. The second-order valence-corrected chi connectivity index (χ2v) is 5.35. The minimum Gasteiger partial charge on any atom is -0.426 e. The van der Waals surface area contributed by atoms with Crippen LogP contribution in [0.5, 0.6) is 0 Å². The average molecular weight is 294 g/mol. The molecule has 0 aromatic heterocycles. The van der Waals surface area contributed by atoms with Gasteiger partial charge in [0.25, 0.3) is 0 Å². The SMILES string of the molecule is O=S(=O)(NCB(O)O)c1ccccc1Br. The summed E-state index contributed by atoms with van der Waals surface area (Å²) in [5.74, 6) is 0. The lowest BCUT2D eigenvalue weighted by Crippen LogP contribution is -2.35. The maximum Gasteiger partial charge on any atom is 0.467 e. The van der Waals surface area contributed by atoms with Gasteiger partial charge in [-0.2, -0.15) is 0 Å². The van der Waals surface area contributed by atoms with E-state index in [0.29, 0.717) is 4.47 Å². The number of hydrogen-bond acceptors (Lipinski definition) is 4. The van der Waals surface area contributed by atoms with Crippen molar-refractivity contribution >= 4 is 33.1 Å². The van der Waals surface area contributed by atoms with Crippen LogP contribution in [0.3, 0.4) is 0 Å². The standard InChI is InChI=1S/C7H9BBrNO4S/c9-6-3-1-2-4-7(6)15(13,14)10-5-8(11)12/h1-4,10-12H,5H2. The van der Waals surface area contributed by atoms with Crippen molar-refractivity contribution in [1.82, 2.24) is 4.72 Å². The Morgan fingerprint density at radius 1 is 1.33 bits per heavy atom. The quantitative estimate of drug-likeness (QED) is 0.668. The number of benzene rings is 1. The van der Waals surface area contributed by atoms with Crippen LogP contribution in [-0.4, -0.2) is 32.0 Å². The molecule has 0 heterocycles. The third-order valence-corrected chi connectivity index (χ3v) is 4.02. The van der Waals surface area contributed by atoms with Gasteiger partial charge in [0.15, 0.2) is 0 Å². The van der Waals surface area contributed by atoms with Gasteiger partial charge in [-0.15, -0.1) is 0 Å². The highest BCUT2D eigenvalue weighted by Gasteiger charge is 2.19. The lowest BCUT2D eigenvalue weighted by molar-refractivity contribution is 0.404. The molecule has 1 rings (SSSR count). The van der Waals surface area contributed by atoms with Gasteiger partial charge in [-0.1, -0.05) is 12.1 Å². The average Bonchev–Trinajstić information content (AvgIpc) is 2.15. The third kappa shape index (κ3) is 3.58. The van der Waals surface area contributed by atoms with Crippen LogP contribution >= 0.6 is 15.9 Å². The largest absolute Gasteiger partial charge is 0.467 e. The van der Waals surface area contributed by atoms with E-state index in [0.717, 1.165) is 0 Å². The van der Waals surface area contributed by atoms with Gasteiger partial charge in [-0.05, 0) is 28.1 Å². The first-order chi connectivity index (χ1) is 6.93. The zero-order valence-electron chi connectivity index (χ0n) is 7.59. The summed E-state index contributed by atoms with van der Waals surface area (Å²) in [5.41, 5.74) is 0. The Morgan fingerprint density at radius 2 is 1.93 bits per heavy atom. The Balaban J connectivity index is 2.92. The molecule has 15 heavy (non-hydrogen) atoms. The van der Waals surface area contributed by atoms with Gasteiger partial charge in [-0.25, -0.2) is 13.1 Å². The summed E-state index contributed by atoms with van der Waals surface area (Å²) < 4.78 is 25.7. The molecule has 0 saturated heterocycles. The van der Waals surface area contributed by atoms with E-state index in [-0.39, 0.29) is 4.90 Å². The van der Waals surface area contributed by atoms with Crippen LogP contribution in [0.1, 0.15) is 0 Å². The van der Waals surface area contributed by atoms with E-state index in [4.69, 9.17) is 10.0 Å². The molecule has 0 amide bonds. The summed E-state index contributed by atoms with van der Waals surface area (Å²) in [6.45, 7) is 0. The Morgan fingerprint density at radius 3 is 2.47 bits per heavy atom. The zero-order chi connectivity index (χ0) is 11.5. The van der Waals surface area contributed by atoms with E-state index in [2.05, 4.69) is 20.7 Å². The summed E-state index contributed by atoms with van der Waals surface area (Å²) in [4.78, 5) is 0.0608. The molecule has 1 aromatic carbocycles. The number of nitrogens with one attached hydrogen (secondary N) is 1. The van der Waals surface area contributed by atoms with Crippen molar-refractivity contribution in [2.24, 2.45) is 0 Å². The molecule has 0 fully saturated rings. The Labute approximate surface area is 96.5 Å². The van der Waals surface area contributed by atoms with Gasteiger partial charge in [-0.3, -0.25) is 0 Å². The molecule has 5 nitrogen and oxygen atoms in total. The predicted molar refractivity (Wildman–Crippen MR) is 59.5 cm³/mol. The van der Waals surface area contributed by atoms with Crippen LogP contribution < -0.4 is 4.72 Å². The van der Waals surface area contributed by atoms with Crippen LogP contribution in [-0.2, 0) is 10.0 Å². The first-order valence-electron chi connectivity index (χ1n) is 4.04. The fourth-order valence-corrected chi connectivity index (χ4v) is 2.96. The first-order valence-corrected chi connectivity index (χ1v) is 6.31. The molecule has 0 radical (unpaired) electrons. The number of rotatable bonds is 4. The molecule has 0 spiro atoms. The summed E-state index contributed by atoms with van der Waals surface area (Å²) in [6, 6.07) is 6.26. The molecule has 0 aliphatic heterocycles. The van der Waals surface area contributed by atoms with Crippen molar-refractivity contribution in [2.45, 2.75) is 4.90 Å². The highest BCUT2D eigenvalue weighted by Crippen LogP contribution is 2.20. The lowest BCUT2D eigenvalue weighted by Gasteiger charge is -2.07. The lowest BCUT2D eigenvalue weighted by atomic mass is 9.94. The molecule has 0 aliphatic rings. The fraction of sp³-hybridized carbons (Fsp3) is 0.143. The van der Waals surface area contributed by atoms with Gasteiger partial charge in [0, 0.05) is 10.9 Å². The Kier molecular flexibility index (Phi) is 4.29. The first kappa shape index (κ1) is 12.7. The maximum atomic E-state index is 11.6. The van der Waals surface area contributed by atoms with Crippen molar-refractivity contribution in [2.75, 3.05) is 6.44 Å². The van der Waals surface area contributed by atoms with E-state index >= 15 is 0 Å². The third-order valence-electron chi connectivity index (χ3n) is 1.58.